The molecule has 120 valence electrons. The molecule has 0 aliphatic rings. The van der Waals surface area contributed by atoms with Crippen LogP contribution in [0.2, 0.25) is 0 Å². The molecule has 4 nitrogen and oxygen atoms in total. The third kappa shape index (κ3) is 10.2. The Morgan fingerprint density at radius 2 is 1.65 bits per heavy atom. The molecular weight excluding hydrogens is 315 g/mol. The minimum Gasteiger partial charge on any atom is -0.481 e. The van der Waals surface area contributed by atoms with Gasteiger partial charge in [-0.3, -0.25) is 4.79 Å². The Hall–Kier alpha value is 0.390. The lowest BCUT2D eigenvalue weighted by Crippen LogP contribution is -2.11. The quantitative estimate of drug-likeness (QED) is 0.556. The number of carboxylic acid groups (broad SMARTS) is 1. The molecule has 1 unspecified atom stereocenters. The summed E-state index contributed by atoms with van der Waals surface area (Å²) in [5.74, 6) is -0.0566. The highest BCUT2D eigenvalue weighted by molar-refractivity contribution is 8.68. The molecule has 0 aliphatic carbocycles. The van der Waals surface area contributed by atoms with Crippen LogP contribution in [-0.2, 0) is 25.6 Å². The van der Waals surface area contributed by atoms with E-state index < -0.39 is 11.7 Å². The van der Waals surface area contributed by atoms with Crippen LogP contribution >= 0.6 is 17.1 Å². The van der Waals surface area contributed by atoms with Gasteiger partial charge in [-0.2, -0.15) is 0 Å². The molecular formula is C13H27O4PS2. The minimum atomic E-state index is -2.47. The van der Waals surface area contributed by atoms with E-state index >= 15 is 0 Å². The van der Waals surface area contributed by atoms with E-state index in [2.05, 4.69) is 27.7 Å². The molecule has 1 atom stereocenters. The van der Waals surface area contributed by atoms with Crippen LogP contribution in [-0.4, -0.2) is 29.5 Å². The van der Waals surface area contributed by atoms with Crippen molar-refractivity contribution in [2.75, 3.05) is 13.2 Å². The zero-order valence-corrected chi connectivity index (χ0v) is 15.5. The Balaban J connectivity index is 4.71. The average molecular weight is 342 g/mol. The van der Waals surface area contributed by atoms with Gasteiger partial charge in [0, 0.05) is 5.25 Å². The normalized spacial score (nSPS) is 13.9. The van der Waals surface area contributed by atoms with Crippen molar-refractivity contribution < 1.29 is 18.9 Å². The van der Waals surface area contributed by atoms with Crippen LogP contribution in [0.3, 0.4) is 0 Å². The maximum absolute atomic E-state index is 10.9. The SMILES string of the molecule is CCC(CC(=O)O)SP(=S)(OCC(C)C)OCC(C)C. The van der Waals surface area contributed by atoms with E-state index in [1.165, 1.54) is 11.4 Å². The first kappa shape index (κ1) is 20.4. The van der Waals surface area contributed by atoms with Gasteiger partial charge in [0.15, 0.2) is 0 Å². The summed E-state index contributed by atoms with van der Waals surface area (Å²) in [7, 11) is 0. The van der Waals surface area contributed by atoms with Crippen molar-refractivity contribution in [1.29, 1.82) is 0 Å². The van der Waals surface area contributed by atoms with Crippen molar-refractivity contribution in [3.05, 3.63) is 0 Å². The van der Waals surface area contributed by atoms with Crippen molar-refractivity contribution in [2.24, 2.45) is 11.8 Å². The Bertz CT molecular complexity index is 318. The number of carbonyl (C=O) groups is 1. The Kier molecular flexibility index (Phi) is 10.4. The van der Waals surface area contributed by atoms with Crippen LogP contribution in [0.1, 0.15) is 47.5 Å². The Morgan fingerprint density at radius 1 is 1.20 bits per heavy atom. The second-order valence-corrected chi connectivity index (χ2v) is 12.1. The fraction of sp³-hybridized carbons (Fsp3) is 0.923. The van der Waals surface area contributed by atoms with Crippen LogP contribution < -0.4 is 0 Å². The summed E-state index contributed by atoms with van der Waals surface area (Å²) in [6.45, 7) is 11.3. The van der Waals surface area contributed by atoms with Crippen molar-refractivity contribution >= 4 is 34.9 Å². The van der Waals surface area contributed by atoms with Crippen molar-refractivity contribution in [3.8, 4) is 0 Å². The molecule has 7 heteroatoms. The van der Waals surface area contributed by atoms with Gasteiger partial charge in [0.05, 0.1) is 19.6 Å². The lowest BCUT2D eigenvalue weighted by molar-refractivity contribution is -0.136. The van der Waals surface area contributed by atoms with Gasteiger partial charge in [-0.15, -0.1) is 0 Å². The molecule has 0 fully saturated rings. The highest BCUT2D eigenvalue weighted by Gasteiger charge is 2.27. The van der Waals surface area contributed by atoms with Gasteiger partial charge in [-0.1, -0.05) is 46.0 Å². The van der Waals surface area contributed by atoms with E-state index in [9.17, 15) is 4.79 Å². The van der Waals surface area contributed by atoms with Gasteiger partial charge in [0.2, 0.25) is 5.69 Å². The summed E-state index contributed by atoms with van der Waals surface area (Å²) in [5, 5.41) is 8.87. The lowest BCUT2D eigenvalue weighted by atomic mass is 10.2. The van der Waals surface area contributed by atoms with Crippen LogP contribution in [0.15, 0.2) is 0 Å². The molecule has 0 rings (SSSR count). The van der Waals surface area contributed by atoms with Crippen molar-refractivity contribution in [1.82, 2.24) is 0 Å². The van der Waals surface area contributed by atoms with E-state index in [0.29, 0.717) is 25.0 Å². The van der Waals surface area contributed by atoms with Gasteiger partial charge in [0.1, 0.15) is 0 Å². The summed E-state index contributed by atoms with van der Waals surface area (Å²) in [4.78, 5) is 10.9. The number of hydrogen-bond donors (Lipinski definition) is 1. The Morgan fingerprint density at radius 3 is 1.95 bits per heavy atom. The van der Waals surface area contributed by atoms with E-state index in [1.54, 1.807) is 0 Å². The maximum Gasteiger partial charge on any atom is 0.304 e. The molecule has 0 bridgehead atoms. The van der Waals surface area contributed by atoms with Crippen LogP contribution in [0.4, 0.5) is 0 Å². The summed E-state index contributed by atoms with van der Waals surface area (Å²) < 4.78 is 11.7. The zero-order chi connectivity index (χ0) is 15.8. The fourth-order valence-electron chi connectivity index (χ4n) is 1.21. The molecule has 0 aromatic rings. The first-order valence-corrected chi connectivity index (χ1v) is 11.1. The minimum absolute atomic E-state index is 0.0577. The predicted octanol–water partition coefficient (Wildman–Crippen LogP) is 4.54. The smallest absolute Gasteiger partial charge is 0.304 e. The molecule has 0 radical (unpaired) electrons. The summed E-state index contributed by atoms with van der Waals surface area (Å²) in [6.07, 6.45) is 0.834. The molecule has 0 heterocycles. The van der Waals surface area contributed by atoms with E-state index in [1.807, 2.05) is 6.92 Å². The third-order valence-corrected chi connectivity index (χ3v) is 7.96. The van der Waals surface area contributed by atoms with E-state index in [0.717, 1.165) is 6.42 Å². The molecule has 1 N–H and O–H groups in total. The number of aliphatic carboxylic acids is 1. The maximum atomic E-state index is 10.9. The van der Waals surface area contributed by atoms with Gasteiger partial charge < -0.3 is 14.2 Å². The summed E-state index contributed by atoms with van der Waals surface area (Å²) in [5.41, 5.74) is -2.47. The molecule has 0 aliphatic heterocycles. The van der Waals surface area contributed by atoms with Crippen molar-refractivity contribution in [3.63, 3.8) is 0 Å². The topological polar surface area (TPSA) is 55.8 Å². The standard InChI is InChI=1S/C13H27O4PS2/c1-6-12(7-13(14)15)20-18(19,16-8-10(2)3)17-9-11(4)5/h10-12H,6-9H2,1-5H3,(H,14,15). The second-order valence-electron chi connectivity index (χ2n) is 5.56. The van der Waals surface area contributed by atoms with E-state index in [4.69, 9.17) is 26.0 Å². The van der Waals surface area contributed by atoms with Crippen LogP contribution in [0, 0.1) is 11.8 Å². The van der Waals surface area contributed by atoms with E-state index in [-0.39, 0.29) is 11.7 Å². The van der Waals surface area contributed by atoms with Gasteiger partial charge in [-0.05, 0) is 30.1 Å². The predicted molar refractivity (Wildman–Crippen MR) is 89.8 cm³/mol. The number of carboxylic acids is 1. The summed E-state index contributed by atoms with van der Waals surface area (Å²) >= 11 is 6.98. The summed E-state index contributed by atoms with van der Waals surface area (Å²) in [6, 6.07) is 0. The molecule has 0 amide bonds. The fourth-order valence-corrected chi connectivity index (χ4v) is 7.06. The molecule has 0 spiro atoms. The first-order valence-electron chi connectivity index (χ1n) is 6.97. The Labute approximate surface area is 131 Å². The molecule has 20 heavy (non-hydrogen) atoms. The largest absolute Gasteiger partial charge is 0.481 e. The van der Waals surface area contributed by atoms with Crippen molar-refractivity contribution in [2.45, 2.75) is 52.7 Å². The molecule has 0 saturated heterocycles. The van der Waals surface area contributed by atoms with Crippen LogP contribution in [0.25, 0.3) is 0 Å². The molecule has 0 aromatic carbocycles. The third-order valence-electron chi connectivity index (χ3n) is 2.27. The average Bonchev–Trinajstić information content (AvgIpc) is 2.33. The lowest BCUT2D eigenvalue weighted by Gasteiger charge is -2.26. The number of rotatable bonds is 11. The first-order chi connectivity index (χ1) is 9.18. The number of hydrogen-bond acceptors (Lipinski definition) is 5. The highest BCUT2D eigenvalue weighted by Crippen LogP contribution is 2.63. The highest BCUT2D eigenvalue weighted by atomic mass is 32.9. The van der Waals surface area contributed by atoms with Gasteiger partial charge in [0.25, 0.3) is 0 Å². The second kappa shape index (κ2) is 10.2. The van der Waals surface area contributed by atoms with Crippen LogP contribution in [0.5, 0.6) is 0 Å². The van der Waals surface area contributed by atoms with Gasteiger partial charge >= 0.3 is 5.97 Å². The van der Waals surface area contributed by atoms with Gasteiger partial charge in [-0.25, -0.2) is 0 Å². The molecule has 0 aromatic heterocycles. The monoisotopic (exact) mass is 342 g/mol. The molecule has 0 saturated carbocycles. The zero-order valence-electron chi connectivity index (χ0n) is 13.0.